The smallest absolute Gasteiger partial charge is 0.253 e. The lowest BCUT2D eigenvalue weighted by atomic mass is 9.56. The van der Waals surface area contributed by atoms with Crippen LogP contribution in [0.1, 0.15) is 42.7 Å². The van der Waals surface area contributed by atoms with Crippen molar-refractivity contribution in [3.63, 3.8) is 0 Å². The Morgan fingerprint density at radius 3 is 2.30 bits per heavy atom. The fourth-order valence-electron chi connectivity index (χ4n) is 8.79. The van der Waals surface area contributed by atoms with Crippen LogP contribution in [-0.2, 0) is 25.7 Å². The molecule has 0 aromatic heterocycles. The van der Waals surface area contributed by atoms with Gasteiger partial charge < -0.3 is 14.6 Å². The Hall–Kier alpha value is -3.60. The van der Waals surface area contributed by atoms with Crippen molar-refractivity contribution in [2.24, 2.45) is 17.8 Å². The van der Waals surface area contributed by atoms with Crippen LogP contribution in [0.5, 0.6) is 17.2 Å². The molecule has 2 aliphatic carbocycles. The minimum atomic E-state index is -2.04. The quantitative estimate of drug-likeness (QED) is 0.276. The summed E-state index contributed by atoms with van der Waals surface area (Å²) in [5.41, 5.74) is 1.97. The summed E-state index contributed by atoms with van der Waals surface area (Å²) >= 11 is 14.6. The standard InChI is InChI=1S/C35H37Cl2N3O7/c1-38-32(44)34(36)17-24-22(29(35(34,37)33(38)45)28-25(41)15-21(46-2)16-26(28)47-3)9-10-23-27(24)31(43)40(30(23)42)20-11-13-39(14-12-20)18-19-7-5-4-6-8-19/h4-9,15-16,20,23-24,27,29,41H,10-14,17-18H2,1-3H3. The third kappa shape index (κ3) is 4.54. The lowest BCUT2D eigenvalue weighted by Gasteiger charge is -2.51. The fraction of sp³-hybridized carbons (Fsp3) is 0.486. The van der Waals surface area contributed by atoms with Crippen molar-refractivity contribution in [2.45, 2.75) is 53.9 Å². The molecule has 4 amide bonds. The number of likely N-dealkylation sites (tertiary alicyclic amines) is 3. The van der Waals surface area contributed by atoms with Crippen molar-refractivity contribution >= 4 is 46.8 Å². The highest BCUT2D eigenvalue weighted by Crippen LogP contribution is 2.67. The van der Waals surface area contributed by atoms with E-state index in [9.17, 15) is 24.3 Å². The molecule has 248 valence electrons. The number of alkyl halides is 2. The van der Waals surface area contributed by atoms with Gasteiger partial charge in [0.25, 0.3) is 11.8 Å². The van der Waals surface area contributed by atoms with Crippen LogP contribution >= 0.6 is 23.2 Å². The number of carbonyl (C=O) groups is 4. The molecule has 0 spiro atoms. The highest BCUT2D eigenvalue weighted by molar-refractivity contribution is 6.53. The second kappa shape index (κ2) is 11.5. The Labute approximate surface area is 283 Å². The lowest BCUT2D eigenvalue weighted by molar-refractivity contribution is -0.144. The van der Waals surface area contributed by atoms with E-state index in [1.165, 1.54) is 37.8 Å². The molecule has 12 heteroatoms. The van der Waals surface area contributed by atoms with Crippen molar-refractivity contribution in [1.29, 1.82) is 0 Å². The maximum Gasteiger partial charge on any atom is 0.253 e. The molecule has 3 aliphatic heterocycles. The predicted molar refractivity (Wildman–Crippen MR) is 173 cm³/mol. The van der Waals surface area contributed by atoms with Gasteiger partial charge in [0.05, 0.1) is 26.1 Å². The molecule has 4 fully saturated rings. The number of phenolic OH excluding ortho intramolecular Hbond substituents is 1. The van der Waals surface area contributed by atoms with Gasteiger partial charge in [-0.25, -0.2) is 0 Å². The third-order valence-corrected chi connectivity index (χ3v) is 12.5. The van der Waals surface area contributed by atoms with Gasteiger partial charge in [-0.1, -0.05) is 42.0 Å². The van der Waals surface area contributed by atoms with Gasteiger partial charge >= 0.3 is 0 Å². The van der Waals surface area contributed by atoms with E-state index in [2.05, 4.69) is 17.0 Å². The Morgan fingerprint density at radius 1 is 0.936 bits per heavy atom. The summed E-state index contributed by atoms with van der Waals surface area (Å²) in [6, 6.07) is 12.9. The number of piperidine rings is 1. The number of imide groups is 2. The van der Waals surface area contributed by atoms with E-state index in [-0.39, 0.29) is 47.8 Å². The maximum absolute atomic E-state index is 14.4. The van der Waals surface area contributed by atoms with Gasteiger partial charge in [0, 0.05) is 56.3 Å². The number of halogens is 2. The monoisotopic (exact) mass is 681 g/mol. The number of phenols is 1. The van der Waals surface area contributed by atoms with Crippen molar-refractivity contribution in [3.05, 3.63) is 65.2 Å². The molecule has 7 rings (SSSR count). The van der Waals surface area contributed by atoms with E-state index in [4.69, 9.17) is 32.7 Å². The van der Waals surface area contributed by atoms with E-state index >= 15 is 0 Å². The molecule has 2 aromatic carbocycles. The lowest BCUT2D eigenvalue weighted by Crippen LogP contribution is -2.60. The number of hydrogen-bond acceptors (Lipinski definition) is 8. The number of allylic oxidation sites excluding steroid dienone is 2. The van der Waals surface area contributed by atoms with Crippen LogP contribution in [0.4, 0.5) is 0 Å². The molecule has 1 saturated carbocycles. The van der Waals surface area contributed by atoms with Crippen LogP contribution in [0.2, 0.25) is 0 Å². The zero-order chi connectivity index (χ0) is 33.4. The molecule has 1 N–H and O–H groups in total. The summed E-state index contributed by atoms with van der Waals surface area (Å²) in [6.07, 6.45) is 3.32. The average Bonchev–Trinajstić information content (AvgIpc) is 3.40. The number of amides is 4. The van der Waals surface area contributed by atoms with Crippen LogP contribution in [0, 0.1) is 17.8 Å². The minimum Gasteiger partial charge on any atom is -0.507 e. The Bertz CT molecular complexity index is 1690. The van der Waals surface area contributed by atoms with Crippen molar-refractivity contribution < 1.29 is 33.8 Å². The summed E-state index contributed by atoms with van der Waals surface area (Å²) in [5, 5.41) is 11.4. The number of aromatic hydroxyl groups is 1. The topological polar surface area (TPSA) is 117 Å². The second-order valence-corrected chi connectivity index (χ2v) is 14.5. The Balaban J connectivity index is 1.24. The van der Waals surface area contributed by atoms with Gasteiger partial charge in [-0.15, -0.1) is 23.2 Å². The van der Waals surface area contributed by atoms with E-state index in [0.717, 1.165) is 24.5 Å². The van der Waals surface area contributed by atoms with Crippen LogP contribution in [0.15, 0.2) is 54.1 Å². The predicted octanol–water partition coefficient (Wildman–Crippen LogP) is 4.06. The molecule has 3 saturated heterocycles. The van der Waals surface area contributed by atoms with Gasteiger partial charge in [-0.05, 0) is 37.2 Å². The summed E-state index contributed by atoms with van der Waals surface area (Å²) in [6.45, 7) is 2.30. The molecule has 10 nitrogen and oxygen atoms in total. The van der Waals surface area contributed by atoms with E-state index in [1.807, 2.05) is 24.3 Å². The first-order valence-corrected chi connectivity index (χ1v) is 16.7. The first kappa shape index (κ1) is 32.0. The minimum absolute atomic E-state index is 0.113. The molecule has 0 radical (unpaired) electrons. The van der Waals surface area contributed by atoms with Crippen molar-refractivity contribution in [1.82, 2.24) is 14.7 Å². The molecule has 47 heavy (non-hydrogen) atoms. The summed E-state index contributed by atoms with van der Waals surface area (Å²) in [7, 11) is 4.18. The number of carbonyl (C=O) groups excluding carboxylic acids is 4. The van der Waals surface area contributed by atoms with Gasteiger partial charge in [-0.2, -0.15) is 0 Å². The number of hydrogen-bond donors (Lipinski definition) is 1. The summed E-state index contributed by atoms with van der Waals surface area (Å²) < 4.78 is 11.0. The Kier molecular flexibility index (Phi) is 7.84. The zero-order valence-corrected chi connectivity index (χ0v) is 28.0. The highest BCUT2D eigenvalue weighted by atomic mass is 35.5. The molecule has 6 atom stereocenters. The van der Waals surface area contributed by atoms with Crippen molar-refractivity contribution in [2.75, 3.05) is 34.4 Å². The number of fused-ring (bicyclic) bond motifs is 4. The number of benzene rings is 2. The van der Waals surface area contributed by atoms with E-state index < -0.39 is 45.2 Å². The van der Waals surface area contributed by atoms with Gasteiger partial charge in [0.2, 0.25) is 11.8 Å². The fourth-order valence-corrected chi connectivity index (χ4v) is 9.79. The molecule has 0 bridgehead atoms. The van der Waals surface area contributed by atoms with Crippen LogP contribution in [0.25, 0.3) is 0 Å². The molecule has 6 unspecified atom stereocenters. The van der Waals surface area contributed by atoms with Gasteiger partial charge in [0.1, 0.15) is 17.2 Å². The number of rotatable bonds is 6. The summed E-state index contributed by atoms with van der Waals surface area (Å²) in [4.78, 5) is 56.8. The molecule has 5 aliphatic rings. The van der Waals surface area contributed by atoms with E-state index in [0.29, 0.717) is 24.2 Å². The van der Waals surface area contributed by atoms with Crippen molar-refractivity contribution in [3.8, 4) is 17.2 Å². The number of ether oxygens (including phenoxy) is 2. The van der Waals surface area contributed by atoms with Crippen LogP contribution < -0.4 is 9.47 Å². The largest absolute Gasteiger partial charge is 0.507 e. The first-order valence-electron chi connectivity index (χ1n) is 15.9. The number of methoxy groups -OCH3 is 2. The normalized spacial score (nSPS) is 32.7. The summed E-state index contributed by atoms with van der Waals surface area (Å²) in [5.74, 6) is -4.89. The van der Waals surface area contributed by atoms with Gasteiger partial charge in [0.15, 0.2) is 9.75 Å². The second-order valence-electron chi connectivity index (χ2n) is 13.3. The molecular formula is C35H37Cl2N3O7. The molecule has 2 aromatic rings. The average molecular weight is 683 g/mol. The van der Waals surface area contributed by atoms with E-state index in [1.54, 1.807) is 6.07 Å². The molecular weight excluding hydrogens is 645 g/mol. The Morgan fingerprint density at radius 2 is 1.64 bits per heavy atom. The first-order chi connectivity index (χ1) is 22.5. The van der Waals surface area contributed by atoms with Gasteiger partial charge in [-0.3, -0.25) is 33.9 Å². The SMILES string of the molecule is COc1cc(O)c(C2C3=CCC4C(=O)N(C5CCN(Cc6ccccc6)CC5)C(=O)C4C3CC3(Cl)C(=O)N(C)C(=O)C23Cl)c(OC)c1. The maximum atomic E-state index is 14.4. The van der Waals surface area contributed by atoms with Crippen LogP contribution in [-0.4, -0.2) is 93.6 Å². The number of nitrogens with zero attached hydrogens (tertiary/aromatic N) is 3. The highest BCUT2D eigenvalue weighted by Gasteiger charge is 2.76. The third-order valence-electron chi connectivity index (χ3n) is 11.1. The zero-order valence-electron chi connectivity index (χ0n) is 26.4. The van der Waals surface area contributed by atoms with Crippen LogP contribution in [0.3, 0.4) is 0 Å². The molecule has 3 heterocycles.